The summed E-state index contributed by atoms with van der Waals surface area (Å²) in [5.41, 5.74) is 4.04. The molecule has 1 heterocycles. The second-order valence-corrected chi connectivity index (χ2v) is 9.81. The van der Waals surface area contributed by atoms with Crippen molar-refractivity contribution in [1.29, 1.82) is 0 Å². The summed E-state index contributed by atoms with van der Waals surface area (Å²) >= 11 is 5.90. The van der Waals surface area contributed by atoms with Crippen molar-refractivity contribution in [1.82, 2.24) is 9.73 Å². The first kappa shape index (κ1) is 23.7. The van der Waals surface area contributed by atoms with Crippen LogP contribution in [0.1, 0.15) is 11.1 Å². The summed E-state index contributed by atoms with van der Waals surface area (Å²) in [6.45, 7) is -0.113. The van der Waals surface area contributed by atoms with Gasteiger partial charge in [0.05, 0.1) is 17.7 Å². The number of nitrogens with zero attached hydrogens (tertiary/aromatic N) is 2. The first-order valence-electron chi connectivity index (χ1n) is 10.4. The molecule has 0 saturated carbocycles. The fourth-order valence-corrected chi connectivity index (χ4v) is 4.83. The number of fused-ring (bicyclic) bond motifs is 1. The number of amides is 1. The summed E-state index contributed by atoms with van der Waals surface area (Å²) in [5, 5.41) is 4.37. The van der Waals surface area contributed by atoms with Gasteiger partial charge in [0.1, 0.15) is 0 Å². The second-order valence-electron chi connectivity index (χ2n) is 7.43. The van der Waals surface area contributed by atoms with Crippen molar-refractivity contribution in [2.24, 2.45) is 5.10 Å². The lowest BCUT2D eigenvalue weighted by Crippen LogP contribution is -2.40. The van der Waals surface area contributed by atoms with Crippen LogP contribution in [0.15, 0.2) is 82.8 Å². The average molecular weight is 500 g/mol. The van der Waals surface area contributed by atoms with Crippen molar-refractivity contribution < 1.29 is 22.7 Å². The molecule has 0 radical (unpaired) electrons. The van der Waals surface area contributed by atoms with E-state index in [2.05, 4.69) is 10.5 Å². The van der Waals surface area contributed by atoms with Crippen LogP contribution in [-0.4, -0.2) is 44.7 Å². The number of carbonyl (C=O) groups is 1. The first-order valence-corrected chi connectivity index (χ1v) is 12.2. The summed E-state index contributed by atoms with van der Waals surface area (Å²) < 4.78 is 38.2. The highest BCUT2D eigenvalue weighted by Crippen LogP contribution is 2.32. The second kappa shape index (κ2) is 10.7. The van der Waals surface area contributed by atoms with E-state index in [4.69, 9.17) is 21.1 Å². The number of hydrogen-bond donors (Lipinski definition) is 1. The van der Waals surface area contributed by atoms with Crippen LogP contribution in [-0.2, 0) is 21.2 Å². The summed E-state index contributed by atoms with van der Waals surface area (Å²) in [7, 11) is -3.94. The number of carbonyl (C=O) groups excluding carboxylic acids is 1. The molecule has 0 spiro atoms. The van der Waals surface area contributed by atoms with E-state index in [-0.39, 0.29) is 18.2 Å². The van der Waals surface area contributed by atoms with E-state index in [1.54, 1.807) is 18.2 Å². The Morgan fingerprint density at radius 1 is 1.03 bits per heavy atom. The molecule has 0 fully saturated rings. The molecule has 0 unspecified atom stereocenters. The van der Waals surface area contributed by atoms with Gasteiger partial charge in [0.15, 0.2) is 11.5 Å². The maximum absolute atomic E-state index is 13.2. The van der Waals surface area contributed by atoms with E-state index in [9.17, 15) is 13.2 Å². The number of benzene rings is 3. The Labute approximate surface area is 202 Å². The van der Waals surface area contributed by atoms with Crippen LogP contribution >= 0.6 is 11.6 Å². The number of hydrogen-bond acceptors (Lipinski definition) is 6. The molecule has 10 heteroatoms. The summed E-state index contributed by atoms with van der Waals surface area (Å²) in [6.07, 6.45) is 1.89. The molecule has 176 valence electrons. The molecule has 3 aromatic carbocycles. The van der Waals surface area contributed by atoms with Gasteiger partial charge in [-0.3, -0.25) is 4.79 Å². The molecule has 1 amide bonds. The zero-order valence-corrected chi connectivity index (χ0v) is 19.6. The molecular formula is C24H22ClN3O5S. The van der Waals surface area contributed by atoms with Crippen LogP contribution in [0.3, 0.4) is 0 Å². The van der Waals surface area contributed by atoms with Crippen LogP contribution in [0, 0.1) is 0 Å². The van der Waals surface area contributed by atoms with E-state index in [1.807, 2.05) is 30.3 Å². The van der Waals surface area contributed by atoms with E-state index < -0.39 is 22.5 Å². The molecule has 1 aliphatic rings. The van der Waals surface area contributed by atoms with Crippen molar-refractivity contribution in [3.8, 4) is 11.5 Å². The van der Waals surface area contributed by atoms with Crippen molar-refractivity contribution >= 4 is 33.7 Å². The molecule has 34 heavy (non-hydrogen) atoms. The van der Waals surface area contributed by atoms with Gasteiger partial charge in [-0.25, -0.2) is 13.8 Å². The van der Waals surface area contributed by atoms with Crippen LogP contribution < -0.4 is 14.9 Å². The SMILES string of the molecule is O=C(CN(CCc1ccccc1)S(=O)(=O)c1ccc(Cl)cc1)NN=Cc1ccc2c(c1)OCO2. The van der Waals surface area contributed by atoms with Gasteiger partial charge in [0.25, 0.3) is 5.91 Å². The minimum Gasteiger partial charge on any atom is -0.454 e. The molecule has 0 bridgehead atoms. The Morgan fingerprint density at radius 3 is 2.53 bits per heavy atom. The predicted molar refractivity (Wildman–Crippen MR) is 129 cm³/mol. The van der Waals surface area contributed by atoms with E-state index in [1.165, 1.54) is 30.5 Å². The summed E-state index contributed by atoms with van der Waals surface area (Å²) in [4.78, 5) is 12.6. The smallest absolute Gasteiger partial charge is 0.255 e. The number of rotatable bonds is 9. The molecule has 0 aliphatic carbocycles. The summed E-state index contributed by atoms with van der Waals surface area (Å²) in [6, 6.07) is 20.5. The molecule has 0 aromatic heterocycles. The number of halogens is 1. The zero-order valence-electron chi connectivity index (χ0n) is 18.1. The van der Waals surface area contributed by atoms with Gasteiger partial charge in [-0.05, 0) is 60.0 Å². The van der Waals surface area contributed by atoms with Crippen LogP contribution in [0.25, 0.3) is 0 Å². The molecule has 0 saturated heterocycles. The lowest BCUT2D eigenvalue weighted by Gasteiger charge is -2.21. The zero-order chi connectivity index (χ0) is 24.0. The molecular weight excluding hydrogens is 478 g/mol. The predicted octanol–water partition coefficient (Wildman–Crippen LogP) is 3.45. The third-order valence-electron chi connectivity index (χ3n) is 5.06. The molecule has 3 aromatic rings. The topological polar surface area (TPSA) is 97.3 Å². The Hall–Kier alpha value is -3.40. The Balaban J connectivity index is 1.45. The number of sulfonamides is 1. The Morgan fingerprint density at radius 2 is 1.76 bits per heavy atom. The largest absolute Gasteiger partial charge is 0.454 e. The summed E-state index contributed by atoms with van der Waals surface area (Å²) in [5.74, 6) is 0.668. The fourth-order valence-electron chi connectivity index (χ4n) is 3.31. The Kier molecular flexibility index (Phi) is 7.46. The van der Waals surface area contributed by atoms with Crippen molar-refractivity contribution in [3.05, 3.63) is 88.9 Å². The van der Waals surface area contributed by atoms with Crippen molar-refractivity contribution in [3.63, 3.8) is 0 Å². The number of hydrazone groups is 1. The molecule has 1 N–H and O–H groups in total. The monoisotopic (exact) mass is 499 g/mol. The van der Waals surface area contributed by atoms with E-state index >= 15 is 0 Å². The highest BCUT2D eigenvalue weighted by Gasteiger charge is 2.26. The van der Waals surface area contributed by atoms with Crippen molar-refractivity contribution in [2.45, 2.75) is 11.3 Å². The number of ether oxygens (including phenoxy) is 2. The van der Waals surface area contributed by atoms with Gasteiger partial charge in [-0.15, -0.1) is 0 Å². The average Bonchev–Trinajstić information content (AvgIpc) is 3.30. The van der Waals surface area contributed by atoms with E-state index in [0.717, 1.165) is 9.87 Å². The fraction of sp³-hybridized carbons (Fsp3) is 0.167. The minimum absolute atomic E-state index is 0.0571. The highest BCUT2D eigenvalue weighted by atomic mass is 35.5. The molecule has 1 aliphatic heterocycles. The molecule has 8 nitrogen and oxygen atoms in total. The van der Waals surface area contributed by atoms with Gasteiger partial charge in [-0.2, -0.15) is 9.41 Å². The molecule has 0 atom stereocenters. The van der Waals surface area contributed by atoms with Gasteiger partial charge < -0.3 is 9.47 Å². The highest BCUT2D eigenvalue weighted by molar-refractivity contribution is 7.89. The molecule has 4 rings (SSSR count). The van der Waals surface area contributed by atoms with Gasteiger partial charge in [0.2, 0.25) is 16.8 Å². The minimum atomic E-state index is -3.94. The van der Waals surface area contributed by atoms with E-state index in [0.29, 0.717) is 28.5 Å². The van der Waals surface area contributed by atoms with Crippen molar-refractivity contribution in [2.75, 3.05) is 19.9 Å². The van der Waals surface area contributed by atoms with Crippen LogP contribution in [0.4, 0.5) is 0 Å². The lowest BCUT2D eigenvalue weighted by atomic mass is 10.1. The van der Waals surface area contributed by atoms with Crippen LogP contribution in [0.5, 0.6) is 11.5 Å². The van der Waals surface area contributed by atoms with Crippen LogP contribution in [0.2, 0.25) is 5.02 Å². The quantitative estimate of drug-likeness (QED) is 0.359. The third kappa shape index (κ3) is 5.93. The van der Waals surface area contributed by atoms with Gasteiger partial charge >= 0.3 is 0 Å². The maximum Gasteiger partial charge on any atom is 0.255 e. The third-order valence-corrected chi connectivity index (χ3v) is 7.17. The first-order chi connectivity index (χ1) is 16.4. The number of nitrogens with one attached hydrogen (secondary N) is 1. The van der Waals surface area contributed by atoms with Gasteiger partial charge in [0, 0.05) is 11.6 Å². The Bertz CT molecular complexity index is 1280. The standard InChI is InChI=1S/C24H22ClN3O5S/c25-20-7-9-21(10-8-20)34(30,31)28(13-12-18-4-2-1-3-5-18)16-24(29)27-26-15-19-6-11-22-23(14-19)33-17-32-22/h1-11,14-15H,12-13,16-17H2,(H,27,29). The maximum atomic E-state index is 13.2. The lowest BCUT2D eigenvalue weighted by molar-refractivity contribution is -0.121. The normalized spacial score (nSPS) is 12.9. The van der Waals surface area contributed by atoms with Gasteiger partial charge in [-0.1, -0.05) is 41.9 Å².